The van der Waals surface area contributed by atoms with Crippen LogP contribution in [0.5, 0.6) is 0 Å². The maximum atomic E-state index is 11.7. The summed E-state index contributed by atoms with van der Waals surface area (Å²) in [4.78, 5) is 22.6. The minimum absolute atomic E-state index is 0.0457. The van der Waals surface area contributed by atoms with Gasteiger partial charge in [-0.1, -0.05) is 27.2 Å². The SMILES string of the molecule is CC(=O)CCC(=O)OC1CC(C)CC[C@H]1C(C)C. The third-order valence-electron chi connectivity index (χ3n) is 3.93. The maximum absolute atomic E-state index is 11.7. The van der Waals surface area contributed by atoms with E-state index in [0.29, 0.717) is 24.2 Å². The number of ether oxygens (including phenoxy) is 1. The highest BCUT2D eigenvalue weighted by molar-refractivity contribution is 5.81. The lowest BCUT2D eigenvalue weighted by molar-refractivity contribution is -0.156. The molecular weight excluding hydrogens is 228 g/mol. The van der Waals surface area contributed by atoms with Gasteiger partial charge in [0.05, 0.1) is 6.42 Å². The van der Waals surface area contributed by atoms with Crippen molar-refractivity contribution in [1.29, 1.82) is 0 Å². The molecule has 0 N–H and O–H groups in total. The fourth-order valence-electron chi connectivity index (χ4n) is 2.76. The number of Topliss-reactive ketones (excluding diaryl/α,β-unsaturated/α-hetero) is 1. The summed E-state index contributed by atoms with van der Waals surface area (Å²) >= 11 is 0. The number of hydrogen-bond donors (Lipinski definition) is 0. The smallest absolute Gasteiger partial charge is 0.306 e. The lowest BCUT2D eigenvalue weighted by atomic mass is 9.75. The second-order valence-corrected chi connectivity index (χ2v) is 6.06. The summed E-state index contributed by atoms with van der Waals surface area (Å²) in [6, 6.07) is 0. The van der Waals surface area contributed by atoms with Crippen molar-refractivity contribution in [2.75, 3.05) is 0 Å². The molecule has 18 heavy (non-hydrogen) atoms. The molecule has 1 saturated carbocycles. The first kappa shape index (κ1) is 15.2. The number of carbonyl (C=O) groups is 2. The highest BCUT2D eigenvalue weighted by Crippen LogP contribution is 2.35. The molecule has 3 atom stereocenters. The van der Waals surface area contributed by atoms with E-state index in [9.17, 15) is 9.59 Å². The Morgan fingerprint density at radius 2 is 1.89 bits per heavy atom. The van der Waals surface area contributed by atoms with Crippen LogP contribution in [-0.4, -0.2) is 17.9 Å². The Morgan fingerprint density at radius 1 is 1.22 bits per heavy atom. The molecule has 0 saturated heterocycles. The number of hydrogen-bond acceptors (Lipinski definition) is 3. The highest BCUT2D eigenvalue weighted by atomic mass is 16.5. The minimum Gasteiger partial charge on any atom is -0.462 e. The molecule has 0 heterocycles. The van der Waals surface area contributed by atoms with Crippen molar-refractivity contribution in [2.45, 2.75) is 65.9 Å². The van der Waals surface area contributed by atoms with Crippen LogP contribution in [0, 0.1) is 17.8 Å². The summed E-state index contributed by atoms with van der Waals surface area (Å²) in [5, 5.41) is 0. The van der Waals surface area contributed by atoms with Crippen molar-refractivity contribution < 1.29 is 14.3 Å². The van der Waals surface area contributed by atoms with Crippen LogP contribution in [0.4, 0.5) is 0 Å². The van der Waals surface area contributed by atoms with Gasteiger partial charge in [0.2, 0.25) is 0 Å². The number of esters is 1. The summed E-state index contributed by atoms with van der Waals surface area (Å²) in [6.07, 6.45) is 3.91. The van der Waals surface area contributed by atoms with Gasteiger partial charge in [0, 0.05) is 6.42 Å². The lowest BCUT2D eigenvalue weighted by Gasteiger charge is -2.36. The summed E-state index contributed by atoms with van der Waals surface area (Å²) in [5.41, 5.74) is 0. The first-order chi connectivity index (χ1) is 8.40. The third kappa shape index (κ3) is 4.79. The predicted octanol–water partition coefficient (Wildman–Crippen LogP) is 3.36. The number of rotatable bonds is 5. The topological polar surface area (TPSA) is 43.4 Å². The largest absolute Gasteiger partial charge is 0.462 e. The molecule has 0 amide bonds. The van der Waals surface area contributed by atoms with Crippen molar-refractivity contribution in [2.24, 2.45) is 17.8 Å². The van der Waals surface area contributed by atoms with Crippen LogP contribution in [0.15, 0.2) is 0 Å². The Bertz CT molecular complexity index is 296. The van der Waals surface area contributed by atoms with Gasteiger partial charge in [-0.05, 0) is 37.5 Å². The number of ketones is 1. The van der Waals surface area contributed by atoms with Gasteiger partial charge in [0.25, 0.3) is 0 Å². The number of carbonyl (C=O) groups excluding carboxylic acids is 2. The molecule has 0 bridgehead atoms. The van der Waals surface area contributed by atoms with Gasteiger partial charge in [-0.3, -0.25) is 4.79 Å². The van der Waals surface area contributed by atoms with E-state index in [-0.39, 0.29) is 24.3 Å². The Hall–Kier alpha value is -0.860. The van der Waals surface area contributed by atoms with Crippen LogP contribution < -0.4 is 0 Å². The van der Waals surface area contributed by atoms with Gasteiger partial charge in [-0.2, -0.15) is 0 Å². The van der Waals surface area contributed by atoms with E-state index >= 15 is 0 Å². The zero-order valence-corrected chi connectivity index (χ0v) is 12.1. The van der Waals surface area contributed by atoms with E-state index in [4.69, 9.17) is 4.74 Å². The normalized spacial score (nSPS) is 28.2. The molecule has 0 aromatic rings. The van der Waals surface area contributed by atoms with Crippen LogP contribution in [0.1, 0.15) is 59.8 Å². The quantitative estimate of drug-likeness (QED) is 0.707. The Labute approximate surface area is 110 Å². The summed E-state index contributed by atoms with van der Waals surface area (Å²) in [6.45, 7) is 8.11. The molecule has 104 valence electrons. The molecule has 3 nitrogen and oxygen atoms in total. The molecule has 1 rings (SSSR count). The Balaban J connectivity index is 2.49. The Kier molecular flexibility index (Phi) is 5.83. The fourth-order valence-corrected chi connectivity index (χ4v) is 2.76. The van der Waals surface area contributed by atoms with Gasteiger partial charge in [-0.25, -0.2) is 0 Å². The molecule has 0 aromatic carbocycles. The maximum Gasteiger partial charge on any atom is 0.306 e. The zero-order chi connectivity index (χ0) is 13.7. The van der Waals surface area contributed by atoms with E-state index in [2.05, 4.69) is 20.8 Å². The molecule has 0 spiro atoms. The van der Waals surface area contributed by atoms with E-state index in [1.807, 2.05) is 0 Å². The second kappa shape index (κ2) is 6.91. The summed E-state index contributed by atoms with van der Waals surface area (Å²) < 4.78 is 5.59. The molecule has 3 heteroatoms. The Morgan fingerprint density at radius 3 is 2.44 bits per heavy atom. The molecule has 0 aromatic heterocycles. The lowest BCUT2D eigenvalue weighted by Crippen LogP contribution is -2.35. The van der Waals surface area contributed by atoms with E-state index in [0.717, 1.165) is 12.8 Å². The van der Waals surface area contributed by atoms with Gasteiger partial charge < -0.3 is 9.53 Å². The average molecular weight is 254 g/mol. The van der Waals surface area contributed by atoms with Crippen molar-refractivity contribution in [1.82, 2.24) is 0 Å². The summed E-state index contributed by atoms with van der Waals surface area (Å²) in [7, 11) is 0. The third-order valence-corrected chi connectivity index (χ3v) is 3.93. The van der Waals surface area contributed by atoms with Gasteiger partial charge in [0.1, 0.15) is 11.9 Å². The van der Waals surface area contributed by atoms with Crippen molar-refractivity contribution in [3.63, 3.8) is 0 Å². The van der Waals surface area contributed by atoms with Crippen molar-refractivity contribution in [3.05, 3.63) is 0 Å². The van der Waals surface area contributed by atoms with Crippen LogP contribution in [-0.2, 0) is 14.3 Å². The van der Waals surface area contributed by atoms with Crippen molar-refractivity contribution >= 4 is 11.8 Å². The van der Waals surface area contributed by atoms with Gasteiger partial charge >= 0.3 is 5.97 Å². The molecule has 1 aliphatic rings. The first-order valence-electron chi connectivity index (χ1n) is 7.09. The molecule has 0 aliphatic heterocycles. The molecular formula is C15H26O3. The van der Waals surface area contributed by atoms with Crippen LogP contribution in [0.3, 0.4) is 0 Å². The van der Waals surface area contributed by atoms with Gasteiger partial charge in [-0.15, -0.1) is 0 Å². The van der Waals surface area contributed by atoms with Crippen molar-refractivity contribution in [3.8, 4) is 0 Å². The van der Waals surface area contributed by atoms with Crippen LogP contribution in [0.25, 0.3) is 0 Å². The summed E-state index contributed by atoms with van der Waals surface area (Å²) in [5.74, 6) is 1.48. The van der Waals surface area contributed by atoms with Gasteiger partial charge in [0.15, 0.2) is 0 Å². The standard InChI is InChI=1S/C15H26O3/c1-10(2)13-7-5-11(3)9-14(13)18-15(17)8-6-12(4)16/h10-11,13-14H,5-9H2,1-4H3/t11?,13-,14?/m0/s1. The second-order valence-electron chi connectivity index (χ2n) is 6.06. The molecule has 0 radical (unpaired) electrons. The van der Waals surface area contributed by atoms with E-state index < -0.39 is 0 Å². The molecule has 2 unspecified atom stereocenters. The monoisotopic (exact) mass is 254 g/mol. The molecule has 1 aliphatic carbocycles. The van der Waals surface area contributed by atoms with E-state index in [1.165, 1.54) is 13.3 Å². The van der Waals surface area contributed by atoms with Crippen LogP contribution >= 0.6 is 0 Å². The first-order valence-corrected chi connectivity index (χ1v) is 7.09. The van der Waals surface area contributed by atoms with E-state index in [1.54, 1.807) is 0 Å². The minimum atomic E-state index is -0.213. The highest BCUT2D eigenvalue weighted by Gasteiger charge is 2.33. The average Bonchev–Trinajstić information content (AvgIpc) is 2.26. The fraction of sp³-hybridized carbons (Fsp3) is 0.867. The molecule has 1 fully saturated rings. The van der Waals surface area contributed by atoms with Crippen LogP contribution in [0.2, 0.25) is 0 Å². The predicted molar refractivity (Wildman–Crippen MR) is 71.1 cm³/mol. The zero-order valence-electron chi connectivity index (χ0n) is 12.1.